The number of nitrogens with zero attached hydrogens (tertiary/aromatic N) is 1. The van der Waals surface area contributed by atoms with Gasteiger partial charge in [-0.3, -0.25) is 9.71 Å². The third kappa shape index (κ3) is 3.25. The molecule has 0 radical (unpaired) electrons. The van der Waals surface area contributed by atoms with Crippen molar-refractivity contribution >= 4 is 26.6 Å². The molecule has 124 valence electrons. The fourth-order valence-electron chi connectivity index (χ4n) is 2.61. The standard InChI is InChI=1S/C18H18N2O3S/c1-13-9-10-19-18-16(13)7-4-8-17(18)24(21,22)20-15-6-3-5-14(11-15)12-23-2/h3-11,20H,12H2,1-2H3. The lowest BCUT2D eigenvalue weighted by molar-refractivity contribution is 0.185. The van der Waals surface area contributed by atoms with Gasteiger partial charge in [-0.05, 0) is 42.3 Å². The van der Waals surface area contributed by atoms with Crippen LogP contribution in [0, 0.1) is 6.92 Å². The Hall–Kier alpha value is -2.44. The minimum absolute atomic E-state index is 0.167. The van der Waals surface area contributed by atoms with E-state index in [4.69, 9.17) is 4.74 Å². The van der Waals surface area contributed by atoms with Crippen LogP contribution in [-0.2, 0) is 21.4 Å². The number of pyridine rings is 1. The summed E-state index contributed by atoms with van der Waals surface area (Å²) < 4.78 is 33.3. The van der Waals surface area contributed by atoms with Gasteiger partial charge in [-0.1, -0.05) is 24.3 Å². The maximum atomic E-state index is 12.8. The van der Waals surface area contributed by atoms with Crippen LogP contribution < -0.4 is 4.72 Å². The summed E-state index contributed by atoms with van der Waals surface area (Å²) in [5.41, 5.74) is 2.84. The molecule has 1 heterocycles. The van der Waals surface area contributed by atoms with Crippen molar-refractivity contribution < 1.29 is 13.2 Å². The third-order valence-electron chi connectivity index (χ3n) is 3.73. The molecule has 3 rings (SSSR count). The number of fused-ring (bicyclic) bond motifs is 1. The van der Waals surface area contributed by atoms with Gasteiger partial charge in [0.25, 0.3) is 10.0 Å². The van der Waals surface area contributed by atoms with Crippen molar-refractivity contribution in [2.75, 3.05) is 11.8 Å². The molecular weight excluding hydrogens is 324 g/mol. The number of methoxy groups -OCH3 is 1. The average Bonchev–Trinajstić information content (AvgIpc) is 2.55. The minimum atomic E-state index is -3.74. The normalized spacial score (nSPS) is 11.6. The largest absolute Gasteiger partial charge is 0.380 e. The van der Waals surface area contributed by atoms with Crippen LogP contribution in [-0.4, -0.2) is 20.5 Å². The van der Waals surface area contributed by atoms with Crippen molar-refractivity contribution in [3.63, 3.8) is 0 Å². The van der Waals surface area contributed by atoms with Gasteiger partial charge in [0.15, 0.2) is 0 Å². The van der Waals surface area contributed by atoms with Crippen LogP contribution in [0.5, 0.6) is 0 Å². The van der Waals surface area contributed by atoms with Crippen LogP contribution in [0.25, 0.3) is 10.9 Å². The van der Waals surface area contributed by atoms with E-state index in [2.05, 4.69) is 9.71 Å². The van der Waals surface area contributed by atoms with E-state index >= 15 is 0 Å². The smallest absolute Gasteiger partial charge is 0.264 e. The molecule has 24 heavy (non-hydrogen) atoms. The lowest BCUT2D eigenvalue weighted by atomic mass is 10.1. The van der Waals surface area contributed by atoms with Gasteiger partial charge in [-0.2, -0.15) is 0 Å². The van der Waals surface area contributed by atoms with Crippen LogP contribution in [0.15, 0.2) is 59.6 Å². The first-order valence-corrected chi connectivity index (χ1v) is 8.94. The third-order valence-corrected chi connectivity index (χ3v) is 5.14. The summed E-state index contributed by atoms with van der Waals surface area (Å²) in [5.74, 6) is 0. The van der Waals surface area contributed by atoms with E-state index < -0.39 is 10.0 Å². The quantitative estimate of drug-likeness (QED) is 0.771. The zero-order valence-corrected chi connectivity index (χ0v) is 14.3. The molecule has 0 atom stereocenters. The Morgan fingerprint density at radius 2 is 1.92 bits per heavy atom. The molecule has 0 aliphatic heterocycles. The van der Waals surface area contributed by atoms with Crippen molar-refractivity contribution in [1.82, 2.24) is 4.98 Å². The predicted octanol–water partition coefficient (Wildman–Crippen LogP) is 3.49. The molecule has 6 heteroatoms. The zero-order valence-electron chi connectivity index (χ0n) is 13.5. The summed E-state index contributed by atoms with van der Waals surface area (Å²) in [7, 11) is -2.14. The predicted molar refractivity (Wildman–Crippen MR) is 94.4 cm³/mol. The average molecular weight is 342 g/mol. The van der Waals surface area contributed by atoms with Crippen LogP contribution >= 0.6 is 0 Å². The first-order valence-electron chi connectivity index (χ1n) is 7.46. The van der Waals surface area contributed by atoms with Gasteiger partial charge in [0.2, 0.25) is 0 Å². The Morgan fingerprint density at radius 1 is 1.12 bits per heavy atom. The molecule has 0 fully saturated rings. The molecule has 0 bridgehead atoms. The number of ether oxygens (including phenoxy) is 1. The Bertz CT molecular complexity index is 984. The van der Waals surface area contributed by atoms with Gasteiger partial charge in [0.05, 0.1) is 12.1 Å². The van der Waals surface area contributed by atoms with E-state index in [0.717, 1.165) is 16.5 Å². The van der Waals surface area contributed by atoms with Gasteiger partial charge in [0, 0.05) is 24.4 Å². The van der Waals surface area contributed by atoms with E-state index in [1.165, 1.54) is 0 Å². The maximum absolute atomic E-state index is 12.8. The molecule has 0 spiro atoms. The summed E-state index contributed by atoms with van der Waals surface area (Å²) in [6.07, 6.45) is 1.62. The Morgan fingerprint density at radius 3 is 2.71 bits per heavy atom. The second kappa shape index (κ2) is 6.59. The first-order chi connectivity index (χ1) is 11.5. The number of hydrogen-bond acceptors (Lipinski definition) is 4. The highest BCUT2D eigenvalue weighted by molar-refractivity contribution is 7.93. The second-order valence-corrected chi connectivity index (χ2v) is 7.17. The van der Waals surface area contributed by atoms with Crippen molar-refractivity contribution in [2.24, 2.45) is 0 Å². The van der Waals surface area contributed by atoms with E-state index in [0.29, 0.717) is 17.8 Å². The highest BCUT2D eigenvalue weighted by Gasteiger charge is 2.19. The Kier molecular flexibility index (Phi) is 4.51. The van der Waals surface area contributed by atoms with Gasteiger partial charge >= 0.3 is 0 Å². The maximum Gasteiger partial charge on any atom is 0.264 e. The molecule has 5 nitrogen and oxygen atoms in total. The van der Waals surface area contributed by atoms with Crippen LogP contribution in [0.1, 0.15) is 11.1 Å². The van der Waals surface area contributed by atoms with E-state index in [1.54, 1.807) is 43.6 Å². The van der Waals surface area contributed by atoms with Crippen LogP contribution in [0.3, 0.4) is 0 Å². The summed E-state index contributed by atoms with van der Waals surface area (Å²) >= 11 is 0. The second-order valence-electron chi connectivity index (χ2n) is 5.52. The lowest BCUT2D eigenvalue weighted by Gasteiger charge is -2.11. The molecule has 0 aliphatic carbocycles. The molecule has 3 aromatic rings. The number of aromatic nitrogens is 1. The van der Waals surface area contributed by atoms with Gasteiger partial charge < -0.3 is 4.74 Å². The molecule has 2 aromatic carbocycles. The number of sulfonamides is 1. The number of nitrogens with one attached hydrogen (secondary N) is 1. The number of hydrogen-bond donors (Lipinski definition) is 1. The van der Waals surface area contributed by atoms with Gasteiger partial charge in [-0.15, -0.1) is 0 Å². The van der Waals surface area contributed by atoms with Gasteiger partial charge in [-0.25, -0.2) is 8.42 Å². The zero-order chi connectivity index (χ0) is 17.2. The fourth-order valence-corrected chi connectivity index (χ4v) is 3.83. The van der Waals surface area contributed by atoms with E-state index in [1.807, 2.05) is 25.1 Å². The summed E-state index contributed by atoms with van der Waals surface area (Å²) in [5, 5.41) is 0.827. The molecule has 0 saturated carbocycles. The number of benzene rings is 2. The monoisotopic (exact) mass is 342 g/mol. The number of para-hydroxylation sites is 1. The van der Waals surface area contributed by atoms with Gasteiger partial charge in [0.1, 0.15) is 4.90 Å². The Balaban J connectivity index is 2.03. The first kappa shape index (κ1) is 16.4. The molecule has 0 unspecified atom stereocenters. The molecular formula is C18H18N2O3S. The molecule has 1 N–H and O–H groups in total. The SMILES string of the molecule is COCc1cccc(NS(=O)(=O)c2cccc3c(C)ccnc23)c1. The summed E-state index contributed by atoms with van der Waals surface area (Å²) in [6.45, 7) is 2.35. The van der Waals surface area contributed by atoms with Crippen LogP contribution in [0.2, 0.25) is 0 Å². The minimum Gasteiger partial charge on any atom is -0.380 e. The molecule has 0 amide bonds. The highest BCUT2D eigenvalue weighted by Crippen LogP contribution is 2.25. The fraction of sp³-hybridized carbons (Fsp3) is 0.167. The summed E-state index contributed by atoms with van der Waals surface area (Å²) in [6, 6.07) is 14.2. The number of anilines is 1. The van der Waals surface area contributed by atoms with Crippen molar-refractivity contribution in [3.05, 3.63) is 65.9 Å². The van der Waals surface area contributed by atoms with E-state index in [9.17, 15) is 8.42 Å². The van der Waals surface area contributed by atoms with Crippen molar-refractivity contribution in [1.29, 1.82) is 0 Å². The Labute approximate surface area is 141 Å². The van der Waals surface area contributed by atoms with E-state index in [-0.39, 0.29) is 4.90 Å². The number of rotatable bonds is 5. The highest BCUT2D eigenvalue weighted by atomic mass is 32.2. The van der Waals surface area contributed by atoms with Crippen molar-refractivity contribution in [2.45, 2.75) is 18.4 Å². The summed E-state index contributed by atoms with van der Waals surface area (Å²) in [4.78, 5) is 4.43. The molecule has 1 aromatic heterocycles. The molecule has 0 aliphatic rings. The lowest BCUT2D eigenvalue weighted by Crippen LogP contribution is -2.14. The topological polar surface area (TPSA) is 68.3 Å². The van der Waals surface area contributed by atoms with Crippen molar-refractivity contribution in [3.8, 4) is 0 Å². The van der Waals surface area contributed by atoms with Crippen LogP contribution in [0.4, 0.5) is 5.69 Å². The molecule has 0 saturated heterocycles. The number of aryl methyl sites for hydroxylation is 1.